The zero-order valence-corrected chi connectivity index (χ0v) is 21.6. The topological polar surface area (TPSA) is 85.3 Å². The lowest BCUT2D eigenvalue weighted by Crippen LogP contribution is -2.41. The van der Waals surface area contributed by atoms with Crippen molar-refractivity contribution in [3.8, 4) is 11.1 Å². The highest BCUT2D eigenvalue weighted by Gasteiger charge is 2.65. The van der Waals surface area contributed by atoms with Crippen LogP contribution in [0.25, 0.3) is 11.1 Å². The molecule has 1 unspecified atom stereocenters. The van der Waals surface area contributed by atoms with E-state index in [9.17, 15) is 28.4 Å². The molecule has 1 saturated heterocycles. The van der Waals surface area contributed by atoms with Gasteiger partial charge in [-0.25, -0.2) is 13.3 Å². The molecule has 2 aliphatic rings. The molecule has 1 fully saturated rings. The smallest absolute Gasteiger partial charge is 0.310 e. The van der Waals surface area contributed by atoms with Crippen molar-refractivity contribution >= 4 is 37.4 Å². The number of rotatable bonds is 6. The van der Waals surface area contributed by atoms with Crippen molar-refractivity contribution in [1.82, 2.24) is 4.31 Å². The van der Waals surface area contributed by atoms with Crippen LogP contribution in [0.5, 0.6) is 0 Å². The van der Waals surface area contributed by atoms with Gasteiger partial charge in [-0.3, -0.25) is 4.79 Å². The Labute approximate surface area is 217 Å². The van der Waals surface area contributed by atoms with Gasteiger partial charge in [0.1, 0.15) is 14.8 Å². The van der Waals surface area contributed by atoms with Gasteiger partial charge in [0.2, 0.25) is 5.91 Å². The number of piperidine rings is 1. The molecule has 0 aliphatic carbocycles. The summed E-state index contributed by atoms with van der Waals surface area (Å²) in [7, 11) is -13.0. The maximum Gasteiger partial charge on any atom is 0.310 e. The molecule has 0 radical (unpaired) electrons. The lowest BCUT2D eigenvalue weighted by molar-refractivity contribution is -0.115. The molecule has 0 saturated carbocycles. The lowest BCUT2D eigenvalue weighted by Gasteiger charge is -2.40. The second-order valence-electron chi connectivity index (χ2n) is 9.49. The summed E-state index contributed by atoms with van der Waals surface area (Å²) in [4.78, 5) is 10.0. The Morgan fingerprint density at radius 2 is 1.50 bits per heavy atom. The van der Waals surface area contributed by atoms with Gasteiger partial charge in [0.15, 0.2) is 0 Å². The molecule has 6 nitrogen and oxygen atoms in total. The summed E-state index contributed by atoms with van der Waals surface area (Å²) in [6.07, 6.45) is 1.26. The molecule has 13 heteroatoms. The molecule has 3 aromatic rings. The molecular formula is C25H25F5N4O2S2. The van der Waals surface area contributed by atoms with Gasteiger partial charge in [-0.15, -0.1) is 0 Å². The van der Waals surface area contributed by atoms with Crippen LogP contribution in [-0.2, 0) is 21.1 Å². The van der Waals surface area contributed by atoms with Crippen molar-refractivity contribution in [2.75, 3.05) is 23.7 Å². The molecule has 3 aromatic carbocycles. The maximum atomic E-state index is 13.4. The van der Waals surface area contributed by atoms with E-state index in [1.165, 1.54) is 0 Å². The fourth-order valence-corrected chi connectivity index (χ4v) is 6.87. The number of hydrogen-bond acceptors (Lipinski definition) is 4. The molecule has 1 atom stereocenters. The summed E-state index contributed by atoms with van der Waals surface area (Å²) >= 11 is 0. The largest absolute Gasteiger partial charge is 0.382 e. The first-order valence-electron chi connectivity index (χ1n) is 11.8. The summed E-state index contributed by atoms with van der Waals surface area (Å²) in [5.41, 5.74) is 3.76. The Balaban J connectivity index is 1.21. The summed E-state index contributed by atoms with van der Waals surface area (Å²) in [5.74, 6) is -0.0505. The highest BCUT2D eigenvalue weighted by atomic mass is 32.5. The van der Waals surface area contributed by atoms with Crippen molar-refractivity contribution in [2.45, 2.75) is 35.1 Å². The van der Waals surface area contributed by atoms with Gasteiger partial charge in [-0.2, -0.15) is 0 Å². The van der Waals surface area contributed by atoms with E-state index in [1.807, 2.05) is 18.2 Å². The van der Waals surface area contributed by atoms with Crippen LogP contribution < -0.4 is 10.6 Å². The van der Waals surface area contributed by atoms with Crippen molar-refractivity contribution in [3.63, 3.8) is 0 Å². The number of benzene rings is 3. The summed E-state index contributed by atoms with van der Waals surface area (Å²) < 4.78 is 88.1. The Bertz CT molecular complexity index is 1500. The number of carbonyl (C=O) groups excluding carboxylic acids is 1. The van der Waals surface area contributed by atoms with Crippen LogP contribution in [0.3, 0.4) is 0 Å². The average Bonchev–Trinajstić information content (AvgIpc) is 3.22. The molecule has 2 heterocycles. The maximum absolute atomic E-state index is 13.4. The highest BCUT2D eigenvalue weighted by Crippen LogP contribution is 3.02. The number of carbonyl (C=O) groups is 1. The minimum atomic E-state index is -9.71. The third-order valence-electron chi connectivity index (χ3n) is 6.73. The zero-order chi connectivity index (χ0) is 27.4. The lowest BCUT2D eigenvalue weighted by atomic mass is 10.0. The molecular weight excluding hydrogens is 547 g/mol. The van der Waals surface area contributed by atoms with E-state index < -0.39 is 25.0 Å². The van der Waals surface area contributed by atoms with Crippen LogP contribution >= 0.6 is 10.2 Å². The van der Waals surface area contributed by atoms with Gasteiger partial charge < -0.3 is 10.6 Å². The number of nitrogens with one attached hydrogen (secondary N) is 3. The van der Waals surface area contributed by atoms with Crippen LogP contribution in [0.2, 0.25) is 0 Å². The number of anilines is 2. The molecule has 204 valence electrons. The van der Waals surface area contributed by atoms with E-state index in [0.29, 0.717) is 49.4 Å². The fraction of sp³-hybridized carbons (Fsp3) is 0.240. The molecule has 5 rings (SSSR count). The Morgan fingerprint density at radius 3 is 2.11 bits per heavy atom. The minimum absolute atomic E-state index is 0.0505. The predicted octanol–water partition coefficient (Wildman–Crippen LogP) is 7.40. The van der Waals surface area contributed by atoms with Crippen LogP contribution in [0.4, 0.5) is 30.8 Å². The summed E-state index contributed by atoms with van der Waals surface area (Å²) in [6, 6.07) is 15.1. The average molecular weight is 573 g/mol. The molecule has 1 amide bonds. The second kappa shape index (κ2) is 8.42. The van der Waals surface area contributed by atoms with Crippen LogP contribution in [0, 0.1) is 4.78 Å². The molecule has 3 N–H and O–H groups in total. The molecule has 2 aliphatic heterocycles. The number of nitrogens with zero attached hydrogens (tertiary/aromatic N) is 1. The number of hydrogen-bond donors (Lipinski definition) is 3. The molecule has 0 bridgehead atoms. The first-order chi connectivity index (χ1) is 17.6. The Kier molecular flexibility index (Phi) is 5.86. The third-order valence-corrected chi connectivity index (χ3v) is 9.89. The van der Waals surface area contributed by atoms with E-state index in [0.717, 1.165) is 34.5 Å². The quantitative estimate of drug-likeness (QED) is 0.269. The molecule has 38 heavy (non-hydrogen) atoms. The first kappa shape index (κ1) is 26.4. The Hall–Kier alpha value is -3.16. The van der Waals surface area contributed by atoms with Gasteiger partial charge >= 0.3 is 10.2 Å². The number of fused-ring (bicyclic) bond motifs is 1. The van der Waals surface area contributed by atoms with E-state index in [2.05, 4.69) is 10.6 Å². The zero-order valence-electron chi connectivity index (χ0n) is 19.9. The first-order valence-corrected chi connectivity index (χ1v) is 15.2. The van der Waals surface area contributed by atoms with Crippen molar-refractivity contribution in [1.29, 1.82) is 4.78 Å². The fourth-order valence-electron chi connectivity index (χ4n) is 4.69. The van der Waals surface area contributed by atoms with Gasteiger partial charge in [0.25, 0.3) is 0 Å². The second-order valence-corrected chi connectivity index (χ2v) is 13.9. The molecule has 0 spiro atoms. The van der Waals surface area contributed by atoms with E-state index in [4.69, 9.17) is 4.78 Å². The van der Waals surface area contributed by atoms with Crippen molar-refractivity contribution < 1.29 is 28.4 Å². The van der Waals surface area contributed by atoms with E-state index in [-0.39, 0.29) is 17.6 Å². The minimum Gasteiger partial charge on any atom is -0.382 e. The van der Waals surface area contributed by atoms with Gasteiger partial charge in [0.05, 0.1) is 11.3 Å². The summed E-state index contributed by atoms with van der Waals surface area (Å²) in [6.45, 7) is 0.633. The van der Waals surface area contributed by atoms with Crippen LogP contribution in [0.1, 0.15) is 18.4 Å². The van der Waals surface area contributed by atoms with Gasteiger partial charge in [-0.1, -0.05) is 37.6 Å². The highest BCUT2D eigenvalue weighted by molar-refractivity contribution is 8.45. The predicted molar refractivity (Wildman–Crippen MR) is 139 cm³/mol. The van der Waals surface area contributed by atoms with E-state index >= 15 is 0 Å². The monoisotopic (exact) mass is 572 g/mol. The van der Waals surface area contributed by atoms with Crippen molar-refractivity contribution in [3.05, 3.63) is 72.3 Å². The van der Waals surface area contributed by atoms with Crippen LogP contribution in [0.15, 0.2) is 76.5 Å². The summed E-state index contributed by atoms with van der Waals surface area (Å²) in [5, 5.41) is 5.83. The Morgan fingerprint density at radius 1 is 0.895 bits per heavy atom. The standard InChI is InChI=1S/C25H25F5N4O2S2/c26-38(27,28,29,30)23-8-4-20(5-9-23)32-21-11-13-34(14-12-21)37(31,36)22-6-1-17(2-7-22)18-3-10-24-19(15-18)16-25(35)33-24/h1-10,15,21,31-32H,11-14,16H2,(H,33,35). The van der Waals surface area contributed by atoms with Gasteiger partial charge in [0, 0.05) is 30.5 Å². The third kappa shape index (κ3) is 5.49. The van der Waals surface area contributed by atoms with Gasteiger partial charge in [-0.05, 0) is 78.1 Å². The van der Waals surface area contributed by atoms with E-state index in [1.54, 1.807) is 28.6 Å². The van der Waals surface area contributed by atoms with Crippen molar-refractivity contribution in [2.24, 2.45) is 0 Å². The molecule has 0 aromatic heterocycles. The number of halogens is 5. The van der Waals surface area contributed by atoms with Crippen LogP contribution in [-0.4, -0.2) is 33.6 Å². The SMILES string of the molecule is N=S(=O)(c1ccc(-c2ccc3c(c2)CC(=O)N3)cc1)N1CCC(Nc2ccc(S(F)(F)(F)(F)F)cc2)CC1. The normalized spacial score (nSPS) is 20.1. The number of amides is 1.